The van der Waals surface area contributed by atoms with Crippen molar-refractivity contribution >= 4 is 12.0 Å². The van der Waals surface area contributed by atoms with Crippen molar-refractivity contribution in [2.24, 2.45) is 0 Å². The van der Waals surface area contributed by atoms with Gasteiger partial charge in [-0.3, -0.25) is 4.79 Å². The van der Waals surface area contributed by atoms with Crippen LogP contribution >= 0.6 is 0 Å². The molecule has 2 rings (SSSR count). The van der Waals surface area contributed by atoms with Gasteiger partial charge in [-0.25, -0.2) is 0 Å². The van der Waals surface area contributed by atoms with Gasteiger partial charge in [0, 0.05) is 36.9 Å². The van der Waals surface area contributed by atoms with E-state index in [4.69, 9.17) is 0 Å². The summed E-state index contributed by atoms with van der Waals surface area (Å²) in [6.07, 6.45) is 0.886. The fourth-order valence-corrected chi connectivity index (χ4v) is 2.27. The summed E-state index contributed by atoms with van der Waals surface area (Å²) < 4.78 is 0. The van der Waals surface area contributed by atoms with Gasteiger partial charge in [-0.2, -0.15) is 0 Å². The quantitative estimate of drug-likeness (QED) is 0.705. The van der Waals surface area contributed by atoms with Gasteiger partial charge in [0.15, 0.2) is 0 Å². The molecule has 86 valence electrons. The molecule has 0 aromatic heterocycles. The molecule has 0 N–H and O–H groups in total. The van der Waals surface area contributed by atoms with Gasteiger partial charge in [0.2, 0.25) is 0 Å². The molecule has 1 heterocycles. The lowest BCUT2D eigenvalue weighted by molar-refractivity contribution is 0.112. The third-order valence-electron chi connectivity index (χ3n) is 3.19. The summed E-state index contributed by atoms with van der Waals surface area (Å²) in [5, 5.41) is 0. The van der Waals surface area contributed by atoms with E-state index in [2.05, 4.69) is 23.8 Å². The van der Waals surface area contributed by atoms with Gasteiger partial charge in [-0.15, -0.1) is 0 Å². The summed E-state index contributed by atoms with van der Waals surface area (Å²) in [6, 6.07) is 8.36. The van der Waals surface area contributed by atoms with E-state index in [1.165, 1.54) is 5.69 Å². The van der Waals surface area contributed by atoms with E-state index < -0.39 is 0 Å². The zero-order valence-corrected chi connectivity index (χ0v) is 9.89. The second kappa shape index (κ2) is 4.66. The number of likely N-dealkylation sites (N-methyl/N-ethyl adjacent to an activating group) is 1. The van der Waals surface area contributed by atoms with Crippen LogP contribution < -0.4 is 4.90 Å². The normalized spacial score (nSPS) is 22.1. The number of aldehydes is 1. The Morgan fingerprint density at radius 3 is 2.50 bits per heavy atom. The number of piperazine rings is 1. The van der Waals surface area contributed by atoms with Crippen LogP contribution in [0.5, 0.6) is 0 Å². The van der Waals surface area contributed by atoms with Crippen molar-refractivity contribution in [2.45, 2.75) is 13.0 Å². The van der Waals surface area contributed by atoms with Gasteiger partial charge in [0.25, 0.3) is 0 Å². The largest absolute Gasteiger partial charge is 0.366 e. The molecule has 0 spiro atoms. The van der Waals surface area contributed by atoms with Crippen LogP contribution in [0.25, 0.3) is 0 Å². The molecule has 3 heteroatoms. The number of hydrogen-bond acceptors (Lipinski definition) is 3. The Morgan fingerprint density at radius 1 is 1.25 bits per heavy atom. The van der Waals surface area contributed by atoms with Gasteiger partial charge >= 0.3 is 0 Å². The lowest BCUT2D eigenvalue weighted by Crippen LogP contribution is -2.50. The molecular weight excluding hydrogens is 200 g/mol. The van der Waals surface area contributed by atoms with Gasteiger partial charge < -0.3 is 9.80 Å². The average Bonchev–Trinajstić information content (AvgIpc) is 2.29. The second-order valence-corrected chi connectivity index (χ2v) is 4.51. The van der Waals surface area contributed by atoms with Crippen molar-refractivity contribution < 1.29 is 4.79 Å². The zero-order valence-electron chi connectivity index (χ0n) is 9.89. The van der Waals surface area contributed by atoms with Crippen LogP contribution in [0.15, 0.2) is 24.3 Å². The van der Waals surface area contributed by atoms with Crippen molar-refractivity contribution in [1.82, 2.24) is 4.90 Å². The molecule has 1 aliphatic heterocycles. The number of nitrogens with zero attached hydrogens (tertiary/aromatic N) is 2. The SMILES string of the molecule is CC1CN(C)CCN1c1ccc(C=O)cc1. The van der Waals surface area contributed by atoms with E-state index in [0.29, 0.717) is 6.04 Å². The lowest BCUT2D eigenvalue weighted by atomic mass is 10.1. The van der Waals surface area contributed by atoms with Crippen molar-refractivity contribution in [2.75, 3.05) is 31.6 Å². The molecule has 1 aromatic rings. The molecule has 0 aliphatic carbocycles. The summed E-state index contributed by atoms with van der Waals surface area (Å²) in [4.78, 5) is 15.3. The summed E-state index contributed by atoms with van der Waals surface area (Å²) >= 11 is 0. The molecule has 0 radical (unpaired) electrons. The summed E-state index contributed by atoms with van der Waals surface area (Å²) in [5.41, 5.74) is 1.96. The highest BCUT2D eigenvalue weighted by atomic mass is 16.1. The van der Waals surface area contributed by atoms with E-state index in [1.807, 2.05) is 24.3 Å². The number of anilines is 1. The summed E-state index contributed by atoms with van der Waals surface area (Å²) in [5.74, 6) is 0. The van der Waals surface area contributed by atoms with Crippen LogP contribution in [-0.4, -0.2) is 43.9 Å². The Morgan fingerprint density at radius 2 is 1.94 bits per heavy atom. The fourth-order valence-electron chi connectivity index (χ4n) is 2.27. The maximum Gasteiger partial charge on any atom is 0.150 e. The minimum absolute atomic E-state index is 0.529. The molecule has 1 aliphatic rings. The van der Waals surface area contributed by atoms with E-state index in [9.17, 15) is 4.79 Å². The predicted molar refractivity (Wildman–Crippen MR) is 66.1 cm³/mol. The van der Waals surface area contributed by atoms with Gasteiger partial charge in [-0.05, 0) is 38.2 Å². The standard InChI is InChI=1S/C13H18N2O/c1-11-9-14(2)7-8-15(11)13-5-3-12(10-16)4-6-13/h3-6,10-11H,7-9H2,1-2H3. The third kappa shape index (κ3) is 2.25. The molecule has 0 bridgehead atoms. The van der Waals surface area contributed by atoms with Crippen molar-refractivity contribution in [3.63, 3.8) is 0 Å². The monoisotopic (exact) mass is 218 g/mol. The number of benzene rings is 1. The zero-order chi connectivity index (χ0) is 11.5. The van der Waals surface area contributed by atoms with Gasteiger partial charge in [-0.1, -0.05) is 0 Å². The maximum absolute atomic E-state index is 10.6. The lowest BCUT2D eigenvalue weighted by Gasteiger charge is -2.39. The first kappa shape index (κ1) is 11.1. The van der Waals surface area contributed by atoms with Crippen LogP contribution in [-0.2, 0) is 0 Å². The van der Waals surface area contributed by atoms with Gasteiger partial charge in [0.1, 0.15) is 6.29 Å². The first-order chi connectivity index (χ1) is 7.70. The van der Waals surface area contributed by atoms with Crippen LogP contribution in [0.2, 0.25) is 0 Å². The topological polar surface area (TPSA) is 23.6 Å². The van der Waals surface area contributed by atoms with Crippen molar-refractivity contribution in [3.05, 3.63) is 29.8 Å². The Bertz CT molecular complexity index is 361. The highest BCUT2D eigenvalue weighted by Gasteiger charge is 2.21. The van der Waals surface area contributed by atoms with E-state index in [1.54, 1.807) is 0 Å². The highest BCUT2D eigenvalue weighted by Crippen LogP contribution is 2.20. The van der Waals surface area contributed by atoms with Crippen LogP contribution in [0.4, 0.5) is 5.69 Å². The number of carbonyl (C=O) groups excluding carboxylic acids is 1. The molecule has 1 fully saturated rings. The van der Waals surface area contributed by atoms with E-state index in [-0.39, 0.29) is 0 Å². The minimum atomic E-state index is 0.529. The maximum atomic E-state index is 10.6. The molecule has 0 amide bonds. The number of hydrogen-bond donors (Lipinski definition) is 0. The fraction of sp³-hybridized carbons (Fsp3) is 0.462. The first-order valence-electron chi connectivity index (χ1n) is 5.71. The summed E-state index contributed by atoms with van der Waals surface area (Å²) in [7, 11) is 2.16. The van der Waals surface area contributed by atoms with Gasteiger partial charge in [0.05, 0.1) is 0 Å². The number of carbonyl (C=O) groups is 1. The Kier molecular flexibility index (Phi) is 3.25. The highest BCUT2D eigenvalue weighted by molar-refractivity contribution is 5.75. The number of rotatable bonds is 2. The second-order valence-electron chi connectivity index (χ2n) is 4.51. The van der Waals surface area contributed by atoms with Crippen molar-refractivity contribution in [1.29, 1.82) is 0 Å². The van der Waals surface area contributed by atoms with Crippen molar-refractivity contribution in [3.8, 4) is 0 Å². The molecule has 3 nitrogen and oxygen atoms in total. The predicted octanol–water partition coefficient (Wildman–Crippen LogP) is 1.64. The Balaban J connectivity index is 2.14. The van der Waals surface area contributed by atoms with Crippen LogP contribution in [0, 0.1) is 0 Å². The average molecular weight is 218 g/mol. The molecule has 16 heavy (non-hydrogen) atoms. The summed E-state index contributed by atoms with van der Waals surface area (Å²) in [6.45, 7) is 5.48. The molecular formula is C13H18N2O. The Hall–Kier alpha value is -1.35. The first-order valence-corrected chi connectivity index (χ1v) is 5.71. The van der Waals surface area contributed by atoms with E-state index >= 15 is 0 Å². The molecule has 1 atom stereocenters. The third-order valence-corrected chi connectivity index (χ3v) is 3.19. The molecule has 1 saturated heterocycles. The Labute approximate surface area is 96.7 Å². The smallest absolute Gasteiger partial charge is 0.150 e. The molecule has 0 saturated carbocycles. The molecule has 1 aromatic carbocycles. The minimum Gasteiger partial charge on any atom is -0.366 e. The van der Waals surface area contributed by atoms with Crippen LogP contribution in [0.1, 0.15) is 17.3 Å². The van der Waals surface area contributed by atoms with Crippen LogP contribution in [0.3, 0.4) is 0 Å². The van der Waals surface area contributed by atoms with E-state index in [0.717, 1.165) is 31.5 Å². The molecule has 1 unspecified atom stereocenters.